The van der Waals surface area contributed by atoms with Gasteiger partial charge in [-0.1, -0.05) is 6.07 Å². The van der Waals surface area contributed by atoms with E-state index in [4.69, 9.17) is 5.11 Å². The predicted molar refractivity (Wildman–Crippen MR) is 72.0 cm³/mol. The Kier molecular flexibility index (Phi) is 3.09. The van der Waals surface area contributed by atoms with Crippen molar-refractivity contribution in [2.24, 2.45) is 0 Å². The molecular weight excluding hydrogens is 260 g/mol. The minimum Gasteiger partial charge on any atom is -0.394 e. The second kappa shape index (κ2) is 4.78. The SMILES string of the molecule is Cc1ccc2nc3n[nH]c([C@H](O)[C@H](O)CO)c3nc2c1. The highest BCUT2D eigenvalue weighted by Gasteiger charge is 2.23. The molecule has 20 heavy (non-hydrogen) atoms. The number of rotatable bonds is 3. The standard InChI is InChI=1S/C13H14N4O3/c1-6-2-3-7-8(4-6)14-11-10(12(20)9(19)5-18)16-17-13(11)15-7/h2-4,9,12,18-20H,5H2,1H3,(H,15,16,17)/t9-,12-/m1/s1. The Morgan fingerprint density at radius 3 is 2.75 bits per heavy atom. The maximum atomic E-state index is 9.95. The van der Waals surface area contributed by atoms with E-state index < -0.39 is 18.8 Å². The molecule has 0 fully saturated rings. The van der Waals surface area contributed by atoms with Crippen LogP contribution in [-0.2, 0) is 0 Å². The molecule has 0 unspecified atom stereocenters. The second-order valence-corrected chi connectivity index (χ2v) is 4.72. The summed E-state index contributed by atoms with van der Waals surface area (Å²) in [6.45, 7) is 1.40. The van der Waals surface area contributed by atoms with Crippen molar-refractivity contribution in [3.05, 3.63) is 29.5 Å². The summed E-state index contributed by atoms with van der Waals surface area (Å²) in [7, 11) is 0. The predicted octanol–water partition coefficient (Wildman–Crippen LogP) is 0.201. The van der Waals surface area contributed by atoms with Gasteiger partial charge in [-0.2, -0.15) is 5.10 Å². The van der Waals surface area contributed by atoms with Gasteiger partial charge in [-0.3, -0.25) is 5.10 Å². The summed E-state index contributed by atoms with van der Waals surface area (Å²) in [6.07, 6.45) is -2.59. The van der Waals surface area contributed by atoms with E-state index in [0.29, 0.717) is 22.2 Å². The van der Waals surface area contributed by atoms with Gasteiger partial charge in [-0.15, -0.1) is 0 Å². The number of hydrogen-bond donors (Lipinski definition) is 4. The van der Waals surface area contributed by atoms with Gasteiger partial charge in [0, 0.05) is 0 Å². The molecule has 0 aliphatic rings. The van der Waals surface area contributed by atoms with Gasteiger partial charge in [-0.05, 0) is 24.6 Å². The molecular formula is C13H14N4O3. The molecule has 0 saturated heterocycles. The number of hydrogen-bond acceptors (Lipinski definition) is 6. The van der Waals surface area contributed by atoms with Gasteiger partial charge >= 0.3 is 0 Å². The van der Waals surface area contributed by atoms with Gasteiger partial charge in [-0.25, -0.2) is 9.97 Å². The van der Waals surface area contributed by atoms with E-state index in [1.807, 2.05) is 25.1 Å². The first-order valence-corrected chi connectivity index (χ1v) is 6.19. The summed E-state index contributed by atoms with van der Waals surface area (Å²) in [5.41, 5.74) is 3.44. The second-order valence-electron chi connectivity index (χ2n) is 4.72. The van der Waals surface area contributed by atoms with Crippen molar-refractivity contribution >= 4 is 22.2 Å². The van der Waals surface area contributed by atoms with Crippen LogP contribution in [0, 0.1) is 6.92 Å². The number of aliphatic hydroxyl groups excluding tert-OH is 3. The zero-order valence-corrected chi connectivity index (χ0v) is 10.8. The van der Waals surface area contributed by atoms with Crippen LogP contribution in [0.5, 0.6) is 0 Å². The zero-order valence-electron chi connectivity index (χ0n) is 10.8. The lowest BCUT2D eigenvalue weighted by Gasteiger charge is -2.13. The third-order valence-electron chi connectivity index (χ3n) is 3.19. The maximum Gasteiger partial charge on any atom is 0.200 e. The molecule has 7 heteroatoms. The Labute approximate surface area is 113 Å². The number of nitrogens with zero attached hydrogens (tertiary/aromatic N) is 3. The van der Waals surface area contributed by atoms with Gasteiger partial charge in [0.1, 0.15) is 17.7 Å². The van der Waals surface area contributed by atoms with E-state index in [1.54, 1.807) is 0 Å². The molecule has 7 nitrogen and oxygen atoms in total. The Morgan fingerprint density at radius 2 is 2.00 bits per heavy atom. The molecule has 2 heterocycles. The Morgan fingerprint density at radius 1 is 1.20 bits per heavy atom. The zero-order chi connectivity index (χ0) is 14.3. The van der Waals surface area contributed by atoms with E-state index in [1.165, 1.54) is 0 Å². The molecule has 3 aromatic rings. The number of aromatic amines is 1. The molecule has 2 aromatic heterocycles. The Bertz CT molecular complexity index is 771. The van der Waals surface area contributed by atoms with Crippen molar-refractivity contribution in [2.45, 2.75) is 19.1 Å². The maximum absolute atomic E-state index is 9.95. The fourth-order valence-electron chi connectivity index (χ4n) is 2.08. The Hall–Kier alpha value is -2.09. The smallest absolute Gasteiger partial charge is 0.200 e. The number of aryl methyl sites for hydroxylation is 1. The number of benzene rings is 1. The quantitative estimate of drug-likeness (QED) is 0.542. The van der Waals surface area contributed by atoms with Crippen LogP contribution in [-0.4, -0.2) is 48.2 Å². The minimum absolute atomic E-state index is 0.248. The summed E-state index contributed by atoms with van der Waals surface area (Å²) in [5.74, 6) is 0. The van der Waals surface area contributed by atoms with Crippen LogP contribution in [0.3, 0.4) is 0 Å². The lowest BCUT2D eigenvalue weighted by atomic mass is 10.1. The highest BCUT2D eigenvalue weighted by atomic mass is 16.4. The lowest BCUT2D eigenvalue weighted by Crippen LogP contribution is -2.22. The van der Waals surface area contributed by atoms with Gasteiger partial charge < -0.3 is 15.3 Å². The van der Waals surface area contributed by atoms with Crippen LogP contribution in [0.4, 0.5) is 0 Å². The average molecular weight is 274 g/mol. The highest BCUT2D eigenvalue weighted by Crippen LogP contribution is 2.23. The summed E-state index contributed by atoms with van der Waals surface area (Å²) in [4.78, 5) is 8.77. The van der Waals surface area contributed by atoms with Gasteiger partial charge in [0.2, 0.25) is 5.65 Å². The van der Waals surface area contributed by atoms with Gasteiger partial charge in [0.15, 0.2) is 0 Å². The number of aliphatic hydroxyl groups is 3. The topological polar surface area (TPSA) is 115 Å². The lowest BCUT2D eigenvalue weighted by molar-refractivity contribution is -0.0167. The summed E-state index contributed by atoms with van der Waals surface area (Å²) in [6, 6.07) is 5.67. The first-order valence-electron chi connectivity index (χ1n) is 6.19. The number of fused-ring (bicyclic) bond motifs is 2. The van der Waals surface area contributed by atoms with E-state index in [2.05, 4.69) is 20.2 Å². The van der Waals surface area contributed by atoms with Crippen LogP contribution in [0.25, 0.3) is 22.2 Å². The number of H-pyrrole nitrogens is 1. The fourth-order valence-corrected chi connectivity index (χ4v) is 2.08. The molecule has 0 amide bonds. The molecule has 0 aliphatic carbocycles. The van der Waals surface area contributed by atoms with E-state index in [0.717, 1.165) is 5.56 Å². The first-order chi connectivity index (χ1) is 9.60. The molecule has 4 N–H and O–H groups in total. The van der Waals surface area contributed by atoms with Crippen molar-refractivity contribution in [1.82, 2.24) is 20.2 Å². The number of aromatic nitrogens is 4. The van der Waals surface area contributed by atoms with Crippen LogP contribution in [0.2, 0.25) is 0 Å². The third-order valence-corrected chi connectivity index (χ3v) is 3.19. The molecule has 0 saturated carbocycles. The molecule has 104 valence electrons. The molecule has 2 atom stereocenters. The highest BCUT2D eigenvalue weighted by molar-refractivity contribution is 5.85. The monoisotopic (exact) mass is 274 g/mol. The molecule has 0 spiro atoms. The van der Waals surface area contributed by atoms with E-state index in [9.17, 15) is 10.2 Å². The summed E-state index contributed by atoms with van der Waals surface area (Å²) < 4.78 is 0. The van der Waals surface area contributed by atoms with E-state index >= 15 is 0 Å². The van der Waals surface area contributed by atoms with Crippen molar-refractivity contribution in [3.63, 3.8) is 0 Å². The molecule has 0 radical (unpaired) electrons. The largest absolute Gasteiger partial charge is 0.394 e. The molecule has 3 rings (SSSR count). The van der Waals surface area contributed by atoms with E-state index in [-0.39, 0.29) is 5.69 Å². The van der Waals surface area contributed by atoms with Crippen molar-refractivity contribution in [3.8, 4) is 0 Å². The molecule has 0 aliphatic heterocycles. The molecule has 0 bridgehead atoms. The fraction of sp³-hybridized carbons (Fsp3) is 0.308. The average Bonchev–Trinajstić information content (AvgIpc) is 2.85. The first kappa shape index (κ1) is 12.9. The number of nitrogens with one attached hydrogen (secondary N) is 1. The van der Waals surface area contributed by atoms with Crippen molar-refractivity contribution in [2.75, 3.05) is 6.61 Å². The summed E-state index contributed by atoms with van der Waals surface area (Å²) in [5, 5.41) is 35.0. The molecule has 1 aromatic carbocycles. The van der Waals surface area contributed by atoms with Crippen molar-refractivity contribution in [1.29, 1.82) is 0 Å². The van der Waals surface area contributed by atoms with Crippen LogP contribution in [0.1, 0.15) is 17.4 Å². The minimum atomic E-state index is -1.30. The van der Waals surface area contributed by atoms with Crippen LogP contribution < -0.4 is 0 Å². The third kappa shape index (κ3) is 2.01. The van der Waals surface area contributed by atoms with Crippen molar-refractivity contribution < 1.29 is 15.3 Å². The summed E-state index contributed by atoms with van der Waals surface area (Å²) >= 11 is 0. The van der Waals surface area contributed by atoms with Crippen LogP contribution >= 0.6 is 0 Å². The van der Waals surface area contributed by atoms with Gasteiger partial charge in [0.25, 0.3) is 0 Å². The van der Waals surface area contributed by atoms with Crippen LogP contribution in [0.15, 0.2) is 18.2 Å². The van der Waals surface area contributed by atoms with Gasteiger partial charge in [0.05, 0.1) is 23.3 Å². The normalized spacial score (nSPS) is 14.8. The Balaban J connectivity index is 2.20.